The van der Waals surface area contributed by atoms with Gasteiger partial charge in [0.25, 0.3) is 0 Å². The Labute approximate surface area is 117 Å². The zero-order valence-electron chi connectivity index (χ0n) is 13.2. The second-order valence-electron chi connectivity index (χ2n) is 5.65. The smallest absolute Gasteiger partial charge is 0.160 e. The summed E-state index contributed by atoms with van der Waals surface area (Å²) in [5.41, 5.74) is 1.22. The number of hydrogen-bond acceptors (Lipinski definition) is 3. The Bertz CT molecular complexity index is 373. The molecule has 0 saturated heterocycles. The van der Waals surface area contributed by atoms with E-state index in [-0.39, 0.29) is 0 Å². The molecule has 110 valence electrons. The Morgan fingerprint density at radius 1 is 1.32 bits per heavy atom. The average molecular weight is 267 g/mol. The highest BCUT2D eigenvalue weighted by Gasteiger charge is 2.23. The third-order valence-corrected chi connectivity index (χ3v) is 3.63. The third kappa shape index (κ3) is 4.23. The van der Waals surface area contributed by atoms with E-state index < -0.39 is 0 Å². The predicted octanol–water partition coefficient (Wildman–Crippen LogP) is 3.04. The highest BCUT2D eigenvalue weighted by atomic mass is 16.5. The van der Waals surface area contributed by atoms with Crippen LogP contribution in [0.3, 0.4) is 0 Å². The van der Waals surface area contributed by atoms with E-state index in [1.54, 1.807) is 7.11 Å². The van der Waals surface area contributed by atoms with Crippen LogP contribution in [-0.4, -0.2) is 29.5 Å². The van der Waals surface area contributed by atoms with Crippen LogP contribution in [0.25, 0.3) is 0 Å². The minimum absolute atomic E-state index is 0.426. The molecule has 4 nitrogen and oxygen atoms in total. The molecule has 0 fully saturated rings. The number of methoxy groups -OCH3 is 1. The topological polar surface area (TPSA) is 39.1 Å². The van der Waals surface area contributed by atoms with Gasteiger partial charge in [-0.25, -0.2) is 0 Å². The van der Waals surface area contributed by atoms with Crippen LogP contribution in [0.4, 0.5) is 0 Å². The first-order chi connectivity index (χ1) is 9.01. The maximum Gasteiger partial charge on any atom is 0.160 e. The molecular formula is C15H29N3O. The van der Waals surface area contributed by atoms with Crippen molar-refractivity contribution in [1.82, 2.24) is 15.1 Å². The Morgan fingerprint density at radius 2 is 2.00 bits per heavy atom. The molecule has 4 heteroatoms. The molecule has 19 heavy (non-hydrogen) atoms. The largest absolute Gasteiger partial charge is 0.493 e. The third-order valence-electron chi connectivity index (χ3n) is 3.63. The molecule has 2 unspecified atom stereocenters. The van der Waals surface area contributed by atoms with Crippen molar-refractivity contribution in [2.75, 3.05) is 13.7 Å². The molecule has 1 N–H and O–H groups in total. The van der Waals surface area contributed by atoms with E-state index in [2.05, 4.69) is 49.7 Å². The lowest BCUT2D eigenvalue weighted by Crippen LogP contribution is -2.30. The summed E-state index contributed by atoms with van der Waals surface area (Å²) in [6.45, 7) is 13.0. The van der Waals surface area contributed by atoms with Gasteiger partial charge in [0.2, 0.25) is 0 Å². The van der Waals surface area contributed by atoms with Crippen molar-refractivity contribution in [2.24, 2.45) is 5.92 Å². The number of aromatic nitrogens is 2. The van der Waals surface area contributed by atoms with Crippen molar-refractivity contribution in [3.63, 3.8) is 0 Å². The molecule has 0 aliphatic rings. The van der Waals surface area contributed by atoms with Crippen LogP contribution in [0.5, 0.6) is 5.75 Å². The summed E-state index contributed by atoms with van der Waals surface area (Å²) in [5, 5.41) is 7.95. The van der Waals surface area contributed by atoms with Gasteiger partial charge < -0.3 is 10.1 Å². The second-order valence-corrected chi connectivity index (χ2v) is 5.65. The summed E-state index contributed by atoms with van der Waals surface area (Å²) >= 11 is 0. The first kappa shape index (κ1) is 16.0. The highest BCUT2D eigenvalue weighted by Crippen LogP contribution is 2.31. The fourth-order valence-electron chi connectivity index (χ4n) is 2.25. The zero-order chi connectivity index (χ0) is 14.4. The van der Waals surface area contributed by atoms with E-state index in [4.69, 9.17) is 4.74 Å². The first-order valence-corrected chi connectivity index (χ1v) is 7.34. The molecule has 0 aliphatic carbocycles. The highest BCUT2D eigenvalue weighted by molar-refractivity contribution is 5.28. The fraction of sp³-hybridized carbons (Fsp3) is 0.800. The Morgan fingerprint density at radius 3 is 2.53 bits per heavy atom. The van der Waals surface area contributed by atoms with E-state index in [1.165, 1.54) is 5.69 Å². The van der Waals surface area contributed by atoms with Crippen LogP contribution in [0.15, 0.2) is 6.20 Å². The summed E-state index contributed by atoms with van der Waals surface area (Å²) in [7, 11) is 1.72. The monoisotopic (exact) mass is 267 g/mol. The number of nitrogens with one attached hydrogen (secondary N) is 1. The van der Waals surface area contributed by atoms with E-state index >= 15 is 0 Å². The second kappa shape index (κ2) is 7.53. The Balaban J connectivity index is 2.83. The predicted molar refractivity (Wildman–Crippen MR) is 79.8 cm³/mol. The normalized spacial score (nSPS) is 14.7. The van der Waals surface area contributed by atoms with Crippen LogP contribution in [0, 0.1) is 5.92 Å². The molecule has 1 heterocycles. The molecule has 0 radical (unpaired) electrons. The first-order valence-electron chi connectivity index (χ1n) is 7.34. The lowest BCUT2D eigenvalue weighted by Gasteiger charge is -2.23. The number of aryl methyl sites for hydroxylation is 1. The van der Waals surface area contributed by atoms with Crippen molar-refractivity contribution in [3.8, 4) is 5.75 Å². The summed E-state index contributed by atoms with van der Waals surface area (Å²) in [4.78, 5) is 0. The van der Waals surface area contributed by atoms with Gasteiger partial charge in [-0.1, -0.05) is 34.6 Å². The standard InChI is InChI=1S/C15H29N3O/c1-7-8-18-15(14(19-6)10-17-18)13(5)12(4)9-16-11(2)3/h10-13,16H,7-9H2,1-6H3. The van der Waals surface area contributed by atoms with Crippen molar-refractivity contribution >= 4 is 0 Å². The minimum Gasteiger partial charge on any atom is -0.493 e. The summed E-state index contributed by atoms with van der Waals surface area (Å²) in [6, 6.07) is 0.525. The Kier molecular flexibility index (Phi) is 6.35. The Hall–Kier alpha value is -1.03. The zero-order valence-corrected chi connectivity index (χ0v) is 13.2. The SMILES string of the molecule is CCCn1ncc(OC)c1C(C)C(C)CNC(C)C. The molecule has 1 rings (SSSR count). The number of ether oxygens (including phenoxy) is 1. The molecule has 0 aliphatic heterocycles. The number of rotatable bonds is 8. The lowest BCUT2D eigenvalue weighted by molar-refractivity contribution is 0.371. The molecule has 0 amide bonds. The fourth-order valence-corrected chi connectivity index (χ4v) is 2.25. The van der Waals surface area contributed by atoms with Crippen LogP contribution in [0.1, 0.15) is 52.7 Å². The molecule has 0 aromatic carbocycles. The summed E-state index contributed by atoms with van der Waals surface area (Å²) in [5.74, 6) is 1.89. The molecule has 2 atom stereocenters. The molecule has 0 spiro atoms. The van der Waals surface area contributed by atoms with Crippen molar-refractivity contribution < 1.29 is 4.74 Å². The van der Waals surface area contributed by atoms with Gasteiger partial charge in [0.05, 0.1) is 19.0 Å². The van der Waals surface area contributed by atoms with E-state index in [0.29, 0.717) is 17.9 Å². The average Bonchev–Trinajstić information content (AvgIpc) is 2.78. The van der Waals surface area contributed by atoms with Crippen LogP contribution in [0.2, 0.25) is 0 Å². The quantitative estimate of drug-likeness (QED) is 0.787. The van der Waals surface area contributed by atoms with Crippen LogP contribution in [-0.2, 0) is 6.54 Å². The maximum absolute atomic E-state index is 5.47. The van der Waals surface area contributed by atoms with Crippen LogP contribution >= 0.6 is 0 Å². The maximum atomic E-state index is 5.47. The van der Waals surface area contributed by atoms with Crippen LogP contribution < -0.4 is 10.1 Å². The molecule has 0 bridgehead atoms. The van der Waals surface area contributed by atoms with Gasteiger partial charge in [-0.15, -0.1) is 0 Å². The molecule has 1 aromatic rings. The van der Waals surface area contributed by atoms with E-state index in [1.807, 2.05) is 6.20 Å². The molecule has 0 saturated carbocycles. The van der Waals surface area contributed by atoms with Gasteiger partial charge in [0, 0.05) is 18.5 Å². The van der Waals surface area contributed by atoms with Gasteiger partial charge in [0.1, 0.15) is 0 Å². The summed E-state index contributed by atoms with van der Waals surface area (Å²) in [6.07, 6.45) is 2.92. The molecule has 1 aromatic heterocycles. The number of hydrogen-bond donors (Lipinski definition) is 1. The van der Waals surface area contributed by atoms with Crippen molar-refractivity contribution in [3.05, 3.63) is 11.9 Å². The van der Waals surface area contributed by atoms with Crippen molar-refractivity contribution in [2.45, 2.75) is 59.5 Å². The van der Waals surface area contributed by atoms with Crippen molar-refractivity contribution in [1.29, 1.82) is 0 Å². The van der Waals surface area contributed by atoms with Gasteiger partial charge in [-0.2, -0.15) is 5.10 Å². The number of nitrogens with zero attached hydrogens (tertiary/aromatic N) is 2. The minimum atomic E-state index is 0.426. The lowest BCUT2D eigenvalue weighted by atomic mass is 9.92. The van der Waals surface area contributed by atoms with E-state index in [9.17, 15) is 0 Å². The van der Waals surface area contributed by atoms with Gasteiger partial charge in [-0.3, -0.25) is 4.68 Å². The van der Waals surface area contributed by atoms with E-state index in [0.717, 1.165) is 25.3 Å². The summed E-state index contributed by atoms with van der Waals surface area (Å²) < 4.78 is 7.56. The van der Waals surface area contributed by atoms with Gasteiger partial charge in [0.15, 0.2) is 5.75 Å². The molecular weight excluding hydrogens is 238 g/mol. The van der Waals surface area contributed by atoms with Gasteiger partial charge >= 0.3 is 0 Å². The van der Waals surface area contributed by atoms with Gasteiger partial charge in [-0.05, 0) is 18.9 Å².